The highest BCUT2D eigenvalue weighted by Crippen LogP contribution is 2.58. The van der Waals surface area contributed by atoms with Crippen molar-refractivity contribution in [1.82, 2.24) is 0 Å². The van der Waals surface area contributed by atoms with E-state index in [4.69, 9.17) is 42.6 Å². The Bertz CT molecular complexity index is 2130. The molecule has 3 atom stereocenters. The predicted octanol–water partition coefficient (Wildman–Crippen LogP) is 9.15. The number of hydrogen-bond acceptors (Lipinski definition) is 14. The lowest BCUT2D eigenvalue weighted by atomic mass is 9.90. The van der Waals surface area contributed by atoms with Crippen LogP contribution in [0.25, 0.3) is 9.81 Å². The van der Waals surface area contributed by atoms with Gasteiger partial charge in [-0.1, -0.05) is 60.2 Å². The van der Waals surface area contributed by atoms with Gasteiger partial charge in [0.05, 0.1) is 81.3 Å². The van der Waals surface area contributed by atoms with Crippen molar-refractivity contribution in [3.63, 3.8) is 0 Å². The topological polar surface area (TPSA) is 83.1 Å². The molecule has 14 heteroatoms. The maximum absolute atomic E-state index is 6.56. The van der Waals surface area contributed by atoms with Crippen molar-refractivity contribution in [2.45, 2.75) is 92.6 Å². The average Bonchev–Trinajstić information content (AvgIpc) is 3.98. The van der Waals surface area contributed by atoms with Gasteiger partial charge in [-0.25, -0.2) is 0 Å². The van der Waals surface area contributed by atoms with Gasteiger partial charge in [0, 0.05) is 20.3 Å². The summed E-state index contributed by atoms with van der Waals surface area (Å²) >= 11 is 8.68. The summed E-state index contributed by atoms with van der Waals surface area (Å²) in [5, 5.41) is 0.137. The zero-order chi connectivity index (χ0) is 39.9. The molecule has 0 aromatic carbocycles. The van der Waals surface area contributed by atoms with Crippen molar-refractivity contribution in [2.24, 2.45) is 10.8 Å². The van der Waals surface area contributed by atoms with Crippen molar-refractivity contribution in [1.29, 1.82) is 0 Å². The number of thioether (sulfide) groups is 3. The molecule has 0 radical (unpaired) electrons. The van der Waals surface area contributed by atoms with E-state index in [2.05, 4.69) is 48.5 Å². The Morgan fingerprint density at radius 3 is 1.86 bits per heavy atom. The first-order valence-corrected chi connectivity index (χ1v) is 23.8. The van der Waals surface area contributed by atoms with Gasteiger partial charge in [-0.05, 0) is 37.5 Å². The lowest BCUT2D eigenvalue weighted by Crippen LogP contribution is -2.36. The van der Waals surface area contributed by atoms with Crippen molar-refractivity contribution in [3.8, 4) is 23.0 Å². The molecule has 0 N–H and O–H groups in total. The Hall–Kier alpha value is -2.07. The van der Waals surface area contributed by atoms with Gasteiger partial charge < -0.3 is 42.6 Å². The molecule has 8 rings (SSSR count). The van der Waals surface area contributed by atoms with E-state index in [0.717, 1.165) is 81.1 Å². The summed E-state index contributed by atoms with van der Waals surface area (Å²) in [5.74, 6) is 6.57. The number of ether oxygens (including phenoxy) is 9. The minimum Gasteiger partial charge on any atom is -0.497 e. The molecule has 6 aliphatic rings. The van der Waals surface area contributed by atoms with Crippen molar-refractivity contribution >= 4 is 67.8 Å². The largest absolute Gasteiger partial charge is 0.497 e. The van der Waals surface area contributed by atoms with E-state index < -0.39 is 0 Å². The first-order valence-electron chi connectivity index (χ1n) is 19.5. The fraction of sp³-hybridized carbons (Fsp3) is 0.619. The van der Waals surface area contributed by atoms with Crippen LogP contribution in [0.4, 0.5) is 0 Å². The van der Waals surface area contributed by atoms with Gasteiger partial charge in [0.1, 0.15) is 31.2 Å². The monoisotopic (exact) mass is 864 g/mol. The smallest absolute Gasteiger partial charge is 0.181 e. The highest BCUT2D eigenvalue weighted by atomic mass is 32.2. The minimum atomic E-state index is -0.300. The van der Waals surface area contributed by atoms with Gasteiger partial charge in [0.2, 0.25) is 0 Å². The van der Waals surface area contributed by atoms with Crippen LogP contribution in [0, 0.1) is 19.9 Å². The van der Waals surface area contributed by atoms with Crippen LogP contribution >= 0.6 is 58.0 Å². The average molecular weight is 865 g/mol. The summed E-state index contributed by atoms with van der Waals surface area (Å²) in [6.45, 7) is 23.4. The SMILES string of the molecule is CC(C)(C)C.CCOc1c(OC)/c(=c2\s/c(=C3/S/C(=C4/SC(C(C)(C)C)C5=C4OCCO5)C4OCCOC34)c(OCC)c2OC)s/c1=C1/SCC2=C1CCCO2. The molecule has 0 spiro atoms. The van der Waals surface area contributed by atoms with Gasteiger partial charge >= 0.3 is 0 Å². The van der Waals surface area contributed by atoms with Gasteiger partial charge in [-0.3, -0.25) is 0 Å². The fourth-order valence-electron chi connectivity index (χ4n) is 7.11. The summed E-state index contributed by atoms with van der Waals surface area (Å²) in [7, 11) is 3.42. The molecule has 0 bridgehead atoms. The van der Waals surface area contributed by atoms with Crippen LogP contribution in [-0.4, -0.2) is 83.7 Å². The van der Waals surface area contributed by atoms with Crippen LogP contribution in [0.5, 0.6) is 23.0 Å². The highest BCUT2D eigenvalue weighted by Gasteiger charge is 2.49. The highest BCUT2D eigenvalue weighted by molar-refractivity contribution is 8.13. The maximum Gasteiger partial charge on any atom is 0.181 e. The number of methoxy groups -OCH3 is 2. The quantitative estimate of drug-likeness (QED) is 0.278. The number of rotatable bonds is 6. The Balaban J connectivity index is 0.000000905. The third kappa shape index (κ3) is 8.23. The molecule has 56 heavy (non-hydrogen) atoms. The molecule has 2 fully saturated rings. The second kappa shape index (κ2) is 17.3. The van der Waals surface area contributed by atoms with Crippen molar-refractivity contribution < 1.29 is 42.6 Å². The normalized spacial score (nSPS) is 27.4. The van der Waals surface area contributed by atoms with Crippen LogP contribution in [-0.2, 0) is 23.7 Å². The molecule has 2 saturated heterocycles. The van der Waals surface area contributed by atoms with Crippen LogP contribution in [0.2, 0.25) is 0 Å². The predicted molar refractivity (Wildman–Crippen MR) is 231 cm³/mol. The van der Waals surface area contributed by atoms with Crippen LogP contribution < -0.4 is 28.0 Å². The van der Waals surface area contributed by atoms with E-state index in [1.165, 1.54) is 10.5 Å². The summed E-state index contributed by atoms with van der Waals surface area (Å²) in [4.78, 5) is 4.46. The van der Waals surface area contributed by atoms with Crippen LogP contribution in [0.3, 0.4) is 0 Å². The van der Waals surface area contributed by atoms with E-state index in [1.807, 2.05) is 37.4 Å². The second-order valence-corrected chi connectivity index (χ2v) is 21.8. The van der Waals surface area contributed by atoms with E-state index in [9.17, 15) is 0 Å². The van der Waals surface area contributed by atoms with Gasteiger partial charge in [-0.2, -0.15) is 0 Å². The van der Waals surface area contributed by atoms with E-state index >= 15 is 0 Å². The zero-order valence-electron chi connectivity index (χ0n) is 34.5. The lowest BCUT2D eigenvalue weighted by molar-refractivity contribution is -0.0949. The van der Waals surface area contributed by atoms with Crippen LogP contribution in [0.1, 0.15) is 75.2 Å². The second-order valence-electron chi connectivity index (χ2n) is 16.6. The molecule has 8 heterocycles. The molecule has 6 aliphatic heterocycles. The molecule has 9 nitrogen and oxygen atoms in total. The Morgan fingerprint density at radius 1 is 0.661 bits per heavy atom. The van der Waals surface area contributed by atoms with Gasteiger partial charge in [-0.15, -0.1) is 46.2 Å². The Kier molecular flexibility index (Phi) is 13.0. The fourth-order valence-corrected chi connectivity index (χ4v) is 14.2. The minimum absolute atomic E-state index is 0.0259. The van der Waals surface area contributed by atoms with E-state index in [-0.39, 0.29) is 22.9 Å². The molecule has 3 unspecified atom stereocenters. The third-order valence-electron chi connectivity index (χ3n) is 9.26. The van der Waals surface area contributed by atoms with Crippen LogP contribution in [0.15, 0.2) is 32.7 Å². The van der Waals surface area contributed by atoms with E-state index in [1.54, 1.807) is 48.7 Å². The molecule has 0 saturated carbocycles. The van der Waals surface area contributed by atoms with Gasteiger partial charge in [0.25, 0.3) is 0 Å². The molecular formula is C42H56O9S5. The van der Waals surface area contributed by atoms with Crippen molar-refractivity contribution in [3.05, 3.63) is 50.8 Å². The lowest BCUT2D eigenvalue weighted by Gasteiger charge is -2.29. The molecule has 2 aromatic rings. The number of thiophene rings is 2. The summed E-state index contributed by atoms with van der Waals surface area (Å²) in [6.07, 6.45) is 1.44. The Labute approximate surface area is 351 Å². The maximum atomic E-state index is 6.56. The standard InChI is InChI=1S/C37H44O9S5.C5H12/c1-8-40-22-20(38-6)29(48-31(22)28-18-11-10-12-42-19(18)17-47-28)30-21(39-7)23(41-9-2)32(49-30)33-24-25(44-14-13-43-24)34(50-33)35-26-27(46-16-15-45-26)36(51-35)37(3,4)5;1-5(2,3)4/h24-25,36H,8-17H2,1-7H3;1-4H3/b30-29+,31-28+,33-32+,35-34+;. The first-order chi connectivity index (χ1) is 26.8. The summed E-state index contributed by atoms with van der Waals surface area (Å²) < 4.78 is 60.9. The molecule has 2 aromatic heterocycles. The molecular weight excluding hydrogens is 809 g/mol. The first kappa shape index (κ1) is 42.1. The number of hydrogen-bond donors (Lipinski definition) is 0. The van der Waals surface area contributed by atoms with Crippen molar-refractivity contribution in [2.75, 3.05) is 66.2 Å². The third-order valence-corrected chi connectivity index (χ3v) is 16.4. The summed E-state index contributed by atoms with van der Waals surface area (Å²) in [6, 6.07) is 0. The molecule has 0 aliphatic carbocycles. The Morgan fingerprint density at radius 2 is 1.25 bits per heavy atom. The van der Waals surface area contributed by atoms with Gasteiger partial charge in [0.15, 0.2) is 34.5 Å². The zero-order valence-corrected chi connectivity index (χ0v) is 38.6. The number of fused-ring (bicyclic) bond motifs is 1. The molecule has 0 amide bonds. The van der Waals surface area contributed by atoms with E-state index in [0.29, 0.717) is 62.3 Å². The molecule has 308 valence electrons. The summed E-state index contributed by atoms with van der Waals surface area (Å²) in [5.41, 5.74) is 1.77.